The molecular formula is C27H36FNO. The van der Waals surface area contributed by atoms with E-state index in [-0.39, 0.29) is 22.1 Å². The zero-order valence-corrected chi connectivity index (χ0v) is 18.8. The van der Waals surface area contributed by atoms with Crippen LogP contribution in [0.4, 0.5) is 4.39 Å². The van der Waals surface area contributed by atoms with E-state index < -0.39 is 0 Å². The molecule has 162 valence electrons. The molecule has 0 saturated heterocycles. The molecule has 0 amide bonds. The average molecular weight is 410 g/mol. The van der Waals surface area contributed by atoms with Gasteiger partial charge in [0.15, 0.2) is 0 Å². The number of nitrogens with zero attached hydrogens (tertiary/aromatic N) is 1. The molecule has 0 spiro atoms. The molecule has 3 aliphatic carbocycles. The molecule has 2 unspecified atom stereocenters. The van der Waals surface area contributed by atoms with Gasteiger partial charge in [-0.05, 0) is 78.9 Å². The van der Waals surface area contributed by atoms with Crippen LogP contribution in [-0.4, -0.2) is 6.21 Å². The van der Waals surface area contributed by atoms with Gasteiger partial charge in [-0.2, -0.15) is 0 Å². The van der Waals surface area contributed by atoms with Crippen LogP contribution in [0.1, 0.15) is 71.3 Å². The second-order valence-electron chi connectivity index (χ2n) is 10.7. The summed E-state index contributed by atoms with van der Waals surface area (Å²) in [6.45, 7) is 11.7. The highest BCUT2D eigenvalue weighted by Crippen LogP contribution is 2.63. The Balaban J connectivity index is 1.49. The van der Waals surface area contributed by atoms with Crippen LogP contribution in [0, 0.1) is 33.9 Å². The Hall–Kier alpha value is -1.90. The number of halogens is 1. The number of hydrogen-bond donors (Lipinski definition) is 0. The van der Waals surface area contributed by atoms with E-state index in [9.17, 15) is 4.39 Å². The van der Waals surface area contributed by atoms with E-state index in [4.69, 9.17) is 4.84 Å². The molecule has 0 aliphatic heterocycles. The zero-order valence-electron chi connectivity index (χ0n) is 18.8. The van der Waals surface area contributed by atoms with Crippen molar-refractivity contribution in [2.24, 2.45) is 33.2 Å². The Morgan fingerprint density at radius 2 is 1.93 bits per heavy atom. The number of rotatable bonds is 5. The van der Waals surface area contributed by atoms with Crippen molar-refractivity contribution in [2.75, 3.05) is 0 Å². The molecule has 4 rings (SSSR count). The summed E-state index contributed by atoms with van der Waals surface area (Å²) >= 11 is 0. The van der Waals surface area contributed by atoms with E-state index in [1.54, 1.807) is 17.7 Å². The Morgan fingerprint density at radius 3 is 2.67 bits per heavy atom. The average Bonchev–Trinajstić information content (AvgIpc) is 2.72. The van der Waals surface area contributed by atoms with Crippen LogP contribution in [0.2, 0.25) is 0 Å². The van der Waals surface area contributed by atoms with Crippen LogP contribution in [0.15, 0.2) is 53.7 Å². The SMILES string of the molecule is C=C[C@@]1(C)CC=C2C(CCC3[C@@]2(C)CCC[C@@]3(C)/C=N/OCc2ccc(F)cc2)C1. The van der Waals surface area contributed by atoms with Crippen molar-refractivity contribution in [1.29, 1.82) is 0 Å². The molecule has 0 N–H and O–H groups in total. The van der Waals surface area contributed by atoms with Crippen molar-refractivity contribution in [3.63, 3.8) is 0 Å². The van der Waals surface area contributed by atoms with Gasteiger partial charge in [0.1, 0.15) is 12.4 Å². The lowest BCUT2D eigenvalue weighted by molar-refractivity contribution is 0.0113. The summed E-state index contributed by atoms with van der Waals surface area (Å²) in [6, 6.07) is 6.42. The molecule has 1 aromatic rings. The van der Waals surface area contributed by atoms with E-state index in [1.165, 1.54) is 50.7 Å². The molecule has 2 saturated carbocycles. The Kier molecular flexibility index (Phi) is 5.67. The van der Waals surface area contributed by atoms with E-state index in [0.717, 1.165) is 12.0 Å². The van der Waals surface area contributed by atoms with Crippen molar-refractivity contribution in [3.8, 4) is 0 Å². The highest BCUT2D eigenvalue weighted by molar-refractivity contribution is 5.66. The van der Waals surface area contributed by atoms with Gasteiger partial charge < -0.3 is 4.84 Å². The number of fused-ring (bicyclic) bond motifs is 3. The first kappa shape index (κ1) is 21.3. The van der Waals surface area contributed by atoms with Gasteiger partial charge in [-0.3, -0.25) is 0 Å². The van der Waals surface area contributed by atoms with Crippen molar-refractivity contribution < 1.29 is 9.23 Å². The Bertz CT molecular complexity index is 843. The van der Waals surface area contributed by atoms with Crippen molar-refractivity contribution in [1.82, 2.24) is 0 Å². The minimum absolute atomic E-state index is 0.0563. The minimum Gasteiger partial charge on any atom is -0.391 e. The smallest absolute Gasteiger partial charge is 0.142 e. The van der Waals surface area contributed by atoms with E-state index in [0.29, 0.717) is 18.4 Å². The largest absolute Gasteiger partial charge is 0.391 e. The molecule has 5 atom stereocenters. The number of oxime groups is 1. The summed E-state index contributed by atoms with van der Waals surface area (Å²) in [7, 11) is 0. The van der Waals surface area contributed by atoms with Crippen LogP contribution in [0.25, 0.3) is 0 Å². The molecule has 0 bridgehead atoms. The predicted octanol–water partition coefficient (Wildman–Crippen LogP) is 7.46. The molecule has 3 aliphatic rings. The second kappa shape index (κ2) is 7.98. The summed E-state index contributed by atoms with van der Waals surface area (Å²) in [4.78, 5) is 5.61. The fraction of sp³-hybridized carbons (Fsp3) is 0.593. The number of hydrogen-bond acceptors (Lipinski definition) is 2. The van der Waals surface area contributed by atoms with Gasteiger partial charge in [0.2, 0.25) is 0 Å². The van der Waals surface area contributed by atoms with Gasteiger partial charge in [-0.15, -0.1) is 6.58 Å². The fourth-order valence-corrected chi connectivity index (χ4v) is 6.67. The quantitative estimate of drug-likeness (QED) is 0.281. The topological polar surface area (TPSA) is 21.6 Å². The second-order valence-corrected chi connectivity index (χ2v) is 10.7. The molecule has 0 heterocycles. The van der Waals surface area contributed by atoms with Crippen molar-refractivity contribution in [2.45, 2.75) is 72.3 Å². The highest BCUT2D eigenvalue weighted by Gasteiger charge is 2.54. The summed E-state index contributed by atoms with van der Waals surface area (Å²) in [5.74, 6) is 1.09. The third-order valence-electron chi connectivity index (χ3n) is 8.44. The van der Waals surface area contributed by atoms with Gasteiger partial charge in [0, 0.05) is 11.6 Å². The van der Waals surface area contributed by atoms with Crippen LogP contribution < -0.4 is 0 Å². The summed E-state index contributed by atoms with van der Waals surface area (Å²) in [5.41, 5.74) is 3.22. The Labute approximate surface area is 181 Å². The molecular weight excluding hydrogens is 373 g/mol. The van der Waals surface area contributed by atoms with Gasteiger partial charge in [0.05, 0.1) is 0 Å². The monoisotopic (exact) mass is 409 g/mol. The zero-order chi connectivity index (χ0) is 21.4. The minimum atomic E-state index is -0.225. The summed E-state index contributed by atoms with van der Waals surface area (Å²) in [5, 5.41) is 4.40. The lowest BCUT2D eigenvalue weighted by atomic mass is 9.46. The van der Waals surface area contributed by atoms with E-state index in [2.05, 4.69) is 50.9 Å². The van der Waals surface area contributed by atoms with Crippen LogP contribution in [0.5, 0.6) is 0 Å². The third-order valence-corrected chi connectivity index (χ3v) is 8.44. The van der Waals surface area contributed by atoms with Crippen LogP contribution >= 0.6 is 0 Å². The maximum absolute atomic E-state index is 13.1. The lowest BCUT2D eigenvalue weighted by Crippen LogP contribution is -2.50. The fourth-order valence-electron chi connectivity index (χ4n) is 6.67. The first-order valence-electron chi connectivity index (χ1n) is 11.5. The van der Waals surface area contributed by atoms with Gasteiger partial charge >= 0.3 is 0 Å². The predicted molar refractivity (Wildman–Crippen MR) is 122 cm³/mol. The normalized spacial score (nSPS) is 38.5. The molecule has 2 nitrogen and oxygen atoms in total. The van der Waals surface area contributed by atoms with Crippen LogP contribution in [-0.2, 0) is 11.4 Å². The molecule has 3 heteroatoms. The first-order valence-corrected chi connectivity index (χ1v) is 11.5. The van der Waals surface area contributed by atoms with Gasteiger partial charge in [-0.25, -0.2) is 4.39 Å². The molecule has 1 aromatic carbocycles. The number of benzene rings is 1. The van der Waals surface area contributed by atoms with E-state index >= 15 is 0 Å². The first-order chi connectivity index (χ1) is 14.3. The van der Waals surface area contributed by atoms with Gasteiger partial charge in [-0.1, -0.05) is 62.2 Å². The summed E-state index contributed by atoms with van der Waals surface area (Å²) < 4.78 is 13.1. The molecule has 0 aromatic heterocycles. The standard InChI is InChI=1S/C27H36FNO/c1-5-25(2)16-13-23-21(17-25)9-12-24-26(3,14-6-15-27(23,24)4)19-29-30-18-20-7-10-22(28)11-8-20/h5,7-8,10-11,13,19,21,24H,1,6,9,12,14-18H2,2-4H3/b29-19+/t21?,24?,25-,26-,27-/m0/s1. The van der Waals surface area contributed by atoms with Crippen molar-refractivity contribution in [3.05, 3.63) is 60.0 Å². The maximum Gasteiger partial charge on any atom is 0.142 e. The molecule has 0 radical (unpaired) electrons. The van der Waals surface area contributed by atoms with E-state index in [1.807, 2.05) is 0 Å². The Morgan fingerprint density at radius 1 is 1.17 bits per heavy atom. The lowest BCUT2D eigenvalue weighted by Gasteiger charge is -2.58. The van der Waals surface area contributed by atoms with Crippen LogP contribution in [0.3, 0.4) is 0 Å². The van der Waals surface area contributed by atoms with Crippen molar-refractivity contribution >= 4 is 6.21 Å². The molecule has 30 heavy (non-hydrogen) atoms. The third kappa shape index (κ3) is 3.88. The van der Waals surface area contributed by atoms with Gasteiger partial charge in [0.25, 0.3) is 0 Å². The summed E-state index contributed by atoms with van der Waals surface area (Å²) in [6.07, 6.45) is 15.4. The molecule has 2 fully saturated rings. The maximum atomic E-state index is 13.1. The highest BCUT2D eigenvalue weighted by atomic mass is 19.1. The number of allylic oxidation sites excluding steroid dienone is 3.